The van der Waals surface area contributed by atoms with Crippen LogP contribution in [0.1, 0.15) is 143 Å². The SMILES string of the molecule is CCCCCCCCCCCCCCCCCCOCCOCCOCCOCCOCCOCCOCCNc1cccc2c1C(=O)N(C1CCC(=O)NC1=O)C2=O. The first-order valence-electron chi connectivity index (χ1n) is 22.7. The van der Waals surface area contributed by atoms with E-state index in [1.165, 1.54) is 96.3 Å². The first-order chi connectivity index (χ1) is 29.0. The Morgan fingerprint density at radius 2 is 0.966 bits per heavy atom. The van der Waals surface area contributed by atoms with Crippen LogP contribution in [0.3, 0.4) is 0 Å². The van der Waals surface area contributed by atoms with Gasteiger partial charge in [0, 0.05) is 25.3 Å². The van der Waals surface area contributed by atoms with Crippen LogP contribution in [0.5, 0.6) is 0 Å². The van der Waals surface area contributed by atoms with Crippen molar-refractivity contribution in [3.63, 3.8) is 0 Å². The summed E-state index contributed by atoms with van der Waals surface area (Å²) in [5.74, 6) is -2.14. The molecule has 14 nitrogen and oxygen atoms in total. The molecule has 0 bridgehead atoms. The van der Waals surface area contributed by atoms with Crippen LogP contribution < -0.4 is 10.6 Å². The third-order valence-electron chi connectivity index (χ3n) is 10.4. The van der Waals surface area contributed by atoms with E-state index in [0.717, 1.165) is 17.9 Å². The fourth-order valence-corrected chi connectivity index (χ4v) is 7.09. The molecule has 1 aromatic carbocycles. The molecular weight excluding hydrogens is 759 g/mol. The van der Waals surface area contributed by atoms with Crippen molar-refractivity contribution in [3.05, 3.63) is 29.3 Å². The van der Waals surface area contributed by atoms with Crippen molar-refractivity contribution in [1.29, 1.82) is 0 Å². The van der Waals surface area contributed by atoms with E-state index < -0.39 is 29.7 Å². The van der Waals surface area contributed by atoms with Gasteiger partial charge >= 0.3 is 0 Å². The van der Waals surface area contributed by atoms with E-state index in [2.05, 4.69) is 17.6 Å². The van der Waals surface area contributed by atoms with Gasteiger partial charge in [0.15, 0.2) is 0 Å². The average molecular weight is 834 g/mol. The number of anilines is 1. The Kier molecular flexibility index (Phi) is 28.8. The van der Waals surface area contributed by atoms with Crippen molar-refractivity contribution in [3.8, 4) is 0 Å². The van der Waals surface area contributed by atoms with E-state index >= 15 is 0 Å². The van der Waals surface area contributed by atoms with Crippen LogP contribution in [0.25, 0.3) is 0 Å². The van der Waals surface area contributed by atoms with Gasteiger partial charge in [-0.15, -0.1) is 0 Å². The fourth-order valence-electron chi connectivity index (χ4n) is 7.09. The van der Waals surface area contributed by atoms with Gasteiger partial charge in [0.05, 0.1) is 97.0 Å². The number of unbranched alkanes of at least 4 members (excludes halogenated alkanes) is 15. The number of carbonyl (C=O) groups excluding carboxylic acids is 4. The van der Waals surface area contributed by atoms with E-state index in [0.29, 0.717) is 98.1 Å². The largest absolute Gasteiger partial charge is 0.382 e. The zero-order valence-electron chi connectivity index (χ0n) is 36.1. The molecule has 2 N–H and O–H groups in total. The Balaban J connectivity index is 0.981. The number of hydrogen-bond donors (Lipinski definition) is 2. The van der Waals surface area contributed by atoms with Crippen molar-refractivity contribution in [1.82, 2.24) is 10.2 Å². The number of benzene rings is 1. The molecule has 0 spiro atoms. The fraction of sp³-hybridized carbons (Fsp3) is 0.778. The highest BCUT2D eigenvalue weighted by atomic mass is 16.6. The van der Waals surface area contributed by atoms with Crippen LogP contribution in [0, 0.1) is 0 Å². The molecule has 2 aliphatic heterocycles. The van der Waals surface area contributed by atoms with Gasteiger partial charge in [0.1, 0.15) is 6.04 Å². The normalized spacial score (nSPS) is 15.3. The van der Waals surface area contributed by atoms with Gasteiger partial charge in [-0.25, -0.2) is 0 Å². The second-order valence-corrected chi connectivity index (χ2v) is 15.2. The minimum Gasteiger partial charge on any atom is -0.382 e. The van der Waals surface area contributed by atoms with Crippen LogP contribution in [-0.2, 0) is 42.7 Å². The molecule has 0 saturated carbocycles. The van der Waals surface area contributed by atoms with Crippen molar-refractivity contribution in [2.45, 2.75) is 129 Å². The van der Waals surface area contributed by atoms with E-state index in [4.69, 9.17) is 33.2 Å². The average Bonchev–Trinajstić information content (AvgIpc) is 3.49. The molecular formula is C45H75N3O11. The molecule has 336 valence electrons. The minimum atomic E-state index is -1.00. The first-order valence-corrected chi connectivity index (χ1v) is 22.7. The summed E-state index contributed by atoms with van der Waals surface area (Å²) in [7, 11) is 0. The molecule has 0 radical (unpaired) electrons. The van der Waals surface area contributed by atoms with Gasteiger partial charge in [-0.1, -0.05) is 109 Å². The molecule has 3 rings (SSSR count). The van der Waals surface area contributed by atoms with Crippen molar-refractivity contribution >= 4 is 29.3 Å². The predicted octanol–water partition coefficient (Wildman–Crippen LogP) is 6.88. The molecule has 1 atom stereocenters. The number of carbonyl (C=O) groups is 4. The highest BCUT2D eigenvalue weighted by Crippen LogP contribution is 2.32. The molecule has 1 fully saturated rings. The van der Waals surface area contributed by atoms with Crippen LogP contribution in [0.4, 0.5) is 5.69 Å². The van der Waals surface area contributed by atoms with Crippen LogP contribution in [0.15, 0.2) is 18.2 Å². The summed E-state index contributed by atoms with van der Waals surface area (Å²) in [6, 6.07) is 3.94. The van der Waals surface area contributed by atoms with Gasteiger partial charge in [-0.05, 0) is 25.0 Å². The predicted molar refractivity (Wildman–Crippen MR) is 227 cm³/mol. The molecule has 59 heavy (non-hydrogen) atoms. The molecule has 4 amide bonds. The standard InChI is InChI=1S/C45H75N3O11/c1-2-3-4-5-6-7-8-9-10-11-12-13-14-15-16-17-24-53-26-28-55-30-32-57-34-36-59-37-35-58-33-31-56-29-27-54-25-23-46-39-20-18-19-38-42(39)45(52)48(44(38)51)40-21-22-41(49)47-43(40)50/h18-20,40,46H,2-17,21-37H2,1H3,(H,47,49,50). The zero-order chi connectivity index (χ0) is 42.0. The number of nitrogens with one attached hydrogen (secondary N) is 2. The topological polar surface area (TPSA) is 160 Å². The van der Waals surface area contributed by atoms with Gasteiger partial charge in [0.2, 0.25) is 11.8 Å². The number of fused-ring (bicyclic) bond motifs is 1. The Morgan fingerprint density at radius 3 is 1.42 bits per heavy atom. The Morgan fingerprint density at radius 1 is 0.542 bits per heavy atom. The highest BCUT2D eigenvalue weighted by Gasteiger charge is 2.45. The van der Waals surface area contributed by atoms with Crippen LogP contribution in [-0.4, -0.2) is 134 Å². The molecule has 0 aliphatic carbocycles. The maximum absolute atomic E-state index is 13.2. The van der Waals surface area contributed by atoms with E-state index in [1.54, 1.807) is 18.2 Å². The number of piperidine rings is 1. The lowest BCUT2D eigenvalue weighted by molar-refractivity contribution is -0.136. The quantitative estimate of drug-likeness (QED) is 0.0523. The lowest BCUT2D eigenvalue weighted by atomic mass is 10.0. The van der Waals surface area contributed by atoms with Gasteiger partial charge in [0.25, 0.3) is 11.8 Å². The molecule has 14 heteroatoms. The first kappa shape index (κ1) is 50.4. The lowest BCUT2D eigenvalue weighted by Gasteiger charge is -2.27. The van der Waals surface area contributed by atoms with E-state index in [-0.39, 0.29) is 24.0 Å². The van der Waals surface area contributed by atoms with Crippen molar-refractivity contribution in [2.75, 3.05) is 104 Å². The molecule has 0 aromatic heterocycles. The smallest absolute Gasteiger partial charge is 0.264 e. The van der Waals surface area contributed by atoms with Gasteiger partial charge in [-0.2, -0.15) is 0 Å². The minimum absolute atomic E-state index is 0.0720. The summed E-state index contributed by atoms with van der Waals surface area (Å²) in [5.41, 5.74) is 0.934. The molecule has 2 heterocycles. The molecule has 2 aliphatic rings. The zero-order valence-corrected chi connectivity index (χ0v) is 36.1. The van der Waals surface area contributed by atoms with Crippen molar-refractivity contribution in [2.24, 2.45) is 0 Å². The Labute approximate surface area is 353 Å². The summed E-state index contributed by atoms with van der Waals surface area (Å²) in [4.78, 5) is 50.9. The summed E-state index contributed by atoms with van der Waals surface area (Å²) < 4.78 is 39.0. The third-order valence-corrected chi connectivity index (χ3v) is 10.4. The van der Waals surface area contributed by atoms with E-state index in [1.807, 2.05) is 0 Å². The van der Waals surface area contributed by atoms with Crippen LogP contribution in [0.2, 0.25) is 0 Å². The maximum Gasteiger partial charge on any atom is 0.264 e. The number of ether oxygens (including phenoxy) is 7. The monoisotopic (exact) mass is 834 g/mol. The second-order valence-electron chi connectivity index (χ2n) is 15.2. The number of nitrogens with zero attached hydrogens (tertiary/aromatic N) is 1. The highest BCUT2D eigenvalue weighted by molar-refractivity contribution is 6.25. The summed E-state index contributed by atoms with van der Waals surface area (Å²) in [6.45, 7) is 9.76. The van der Waals surface area contributed by atoms with Gasteiger partial charge < -0.3 is 38.5 Å². The second kappa shape index (κ2) is 33.7. The van der Waals surface area contributed by atoms with Crippen molar-refractivity contribution < 1.29 is 52.3 Å². The molecule has 1 saturated heterocycles. The third kappa shape index (κ3) is 21.9. The van der Waals surface area contributed by atoms with E-state index in [9.17, 15) is 19.2 Å². The number of hydrogen-bond acceptors (Lipinski definition) is 12. The lowest BCUT2D eigenvalue weighted by Crippen LogP contribution is -2.54. The number of amides is 4. The van der Waals surface area contributed by atoms with Gasteiger partial charge in [-0.3, -0.25) is 29.4 Å². The Hall–Kier alpha value is -2.98. The Bertz CT molecular complexity index is 1300. The molecule has 1 unspecified atom stereocenters. The van der Waals surface area contributed by atoms with Crippen LogP contribution >= 0.6 is 0 Å². The summed E-state index contributed by atoms with van der Waals surface area (Å²) in [5, 5.41) is 5.35. The maximum atomic E-state index is 13.2. The number of imide groups is 2. The summed E-state index contributed by atoms with van der Waals surface area (Å²) in [6.07, 6.45) is 22.2. The summed E-state index contributed by atoms with van der Waals surface area (Å²) >= 11 is 0. The molecule has 1 aromatic rings. The number of rotatable bonds is 40.